The molecule has 0 aliphatic rings. The lowest BCUT2D eigenvalue weighted by Gasteiger charge is -1.98. The lowest BCUT2D eigenvalue weighted by Crippen LogP contribution is -1.98. The van der Waals surface area contributed by atoms with Crippen molar-refractivity contribution in [2.45, 2.75) is 0 Å². The van der Waals surface area contributed by atoms with Crippen LogP contribution in [-0.2, 0) is 4.79 Å². The minimum absolute atomic E-state index is 0.565. The zero-order chi connectivity index (χ0) is 9.68. The molecule has 0 fully saturated rings. The van der Waals surface area contributed by atoms with Crippen molar-refractivity contribution in [2.24, 2.45) is 5.10 Å². The lowest BCUT2D eigenvalue weighted by molar-refractivity contribution is -0.128. The van der Waals surface area contributed by atoms with Crippen molar-refractivity contribution >= 4 is 29.5 Å². The molecule has 2 N–H and O–H groups in total. The topological polar surface area (TPSA) is 61.7 Å². The first kappa shape index (κ1) is 9.54. The highest BCUT2D eigenvalue weighted by atomic mass is 35.5. The lowest BCUT2D eigenvalue weighted by atomic mass is 10.3. The number of rotatable bonds is 3. The summed E-state index contributed by atoms with van der Waals surface area (Å²) in [5, 5.41) is 12.2. The monoisotopic (exact) mass is 198 g/mol. The third kappa shape index (κ3) is 3.57. The summed E-state index contributed by atoms with van der Waals surface area (Å²) in [7, 11) is 0. The maximum absolute atomic E-state index is 10.0. The van der Waals surface area contributed by atoms with Crippen molar-refractivity contribution in [3.8, 4) is 0 Å². The number of hydrazone groups is 1. The van der Waals surface area contributed by atoms with Crippen molar-refractivity contribution in [1.29, 1.82) is 0 Å². The molecule has 0 unspecified atom stereocenters. The molecule has 5 heteroatoms. The van der Waals surface area contributed by atoms with Crippen LogP contribution in [0.5, 0.6) is 0 Å². The van der Waals surface area contributed by atoms with Crippen LogP contribution < -0.4 is 5.43 Å². The van der Waals surface area contributed by atoms with Gasteiger partial charge in [0.2, 0.25) is 0 Å². The van der Waals surface area contributed by atoms with E-state index >= 15 is 0 Å². The molecule has 0 aromatic heterocycles. The van der Waals surface area contributed by atoms with Gasteiger partial charge in [-0.3, -0.25) is 5.43 Å². The molecule has 0 radical (unpaired) electrons. The number of carboxylic acid groups (broad SMARTS) is 1. The van der Waals surface area contributed by atoms with E-state index in [1.807, 2.05) is 0 Å². The van der Waals surface area contributed by atoms with Gasteiger partial charge in [0.1, 0.15) is 6.21 Å². The molecule has 4 nitrogen and oxygen atoms in total. The summed E-state index contributed by atoms with van der Waals surface area (Å²) >= 11 is 5.68. The average Bonchev–Trinajstić information content (AvgIpc) is 2.03. The predicted octanol–water partition coefficient (Wildman–Crippen LogP) is 1.82. The highest BCUT2D eigenvalue weighted by molar-refractivity contribution is 6.30. The molecule has 0 aliphatic carbocycles. The standard InChI is InChI=1S/C8H7ClN2O2/c9-6-2-1-3-7(4-6)11-10-5-8(12)13/h1-5,11H,(H,12,13). The summed E-state index contributed by atoms with van der Waals surface area (Å²) in [6.07, 6.45) is 0.765. The van der Waals surface area contributed by atoms with E-state index in [0.717, 1.165) is 6.21 Å². The second kappa shape index (κ2) is 4.47. The van der Waals surface area contributed by atoms with Gasteiger partial charge < -0.3 is 5.11 Å². The van der Waals surface area contributed by atoms with Gasteiger partial charge in [0.25, 0.3) is 0 Å². The molecule has 0 saturated carbocycles. The highest BCUT2D eigenvalue weighted by Gasteiger charge is 1.91. The summed E-state index contributed by atoms with van der Waals surface area (Å²) in [5.74, 6) is -1.10. The molecule has 0 amide bonds. The van der Waals surface area contributed by atoms with Crippen LogP contribution >= 0.6 is 11.6 Å². The number of hydrogen-bond donors (Lipinski definition) is 2. The van der Waals surface area contributed by atoms with E-state index in [-0.39, 0.29) is 0 Å². The Bertz CT molecular complexity index is 339. The normalized spacial score (nSPS) is 10.2. The van der Waals surface area contributed by atoms with Crippen LogP contribution in [0.1, 0.15) is 0 Å². The smallest absolute Gasteiger partial charge is 0.348 e. The van der Waals surface area contributed by atoms with Crippen LogP contribution in [0, 0.1) is 0 Å². The fourth-order valence-electron chi connectivity index (χ4n) is 0.720. The zero-order valence-electron chi connectivity index (χ0n) is 6.57. The number of benzene rings is 1. The van der Waals surface area contributed by atoms with E-state index in [1.165, 1.54) is 0 Å². The molecule has 0 spiro atoms. The Morgan fingerprint density at radius 3 is 3.00 bits per heavy atom. The SMILES string of the molecule is O=C(O)C=NNc1cccc(Cl)c1. The fourth-order valence-corrected chi connectivity index (χ4v) is 0.910. The van der Waals surface area contributed by atoms with Crippen LogP contribution in [-0.4, -0.2) is 17.3 Å². The maximum atomic E-state index is 10.0. The van der Waals surface area contributed by atoms with Crippen molar-refractivity contribution < 1.29 is 9.90 Å². The minimum Gasteiger partial charge on any atom is -0.477 e. The van der Waals surface area contributed by atoms with E-state index in [4.69, 9.17) is 16.7 Å². The van der Waals surface area contributed by atoms with E-state index in [1.54, 1.807) is 24.3 Å². The first-order valence-corrected chi connectivity index (χ1v) is 3.84. The number of nitrogens with zero attached hydrogens (tertiary/aromatic N) is 1. The number of halogens is 1. The van der Waals surface area contributed by atoms with Gasteiger partial charge in [0, 0.05) is 5.02 Å². The minimum atomic E-state index is -1.10. The van der Waals surface area contributed by atoms with E-state index in [9.17, 15) is 4.79 Å². The molecular formula is C8H7ClN2O2. The van der Waals surface area contributed by atoms with E-state index < -0.39 is 5.97 Å². The van der Waals surface area contributed by atoms with E-state index in [2.05, 4.69) is 10.5 Å². The highest BCUT2D eigenvalue weighted by Crippen LogP contribution is 2.14. The van der Waals surface area contributed by atoms with Gasteiger partial charge in [0.15, 0.2) is 0 Å². The Morgan fingerprint density at radius 1 is 1.62 bits per heavy atom. The van der Waals surface area contributed by atoms with Gasteiger partial charge in [-0.15, -0.1) is 0 Å². The first-order valence-electron chi connectivity index (χ1n) is 3.46. The van der Waals surface area contributed by atoms with Crippen LogP contribution in [0.25, 0.3) is 0 Å². The number of anilines is 1. The molecule has 0 aliphatic heterocycles. The molecule has 0 bridgehead atoms. The maximum Gasteiger partial charge on any atom is 0.348 e. The third-order valence-electron chi connectivity index (χ3n) is 1.19. The fraction of sp³-hybridized carbons (Fsp3) is 0. The quantitative estimate of drug-likeness (QED) is 0.575. The predicted molar refractivity (Wildman–Crippen MR) is 51.2 cm³/mol. The second-order valence-electron chi connectivity index (χ2n) is 2.22. The first-order chi connectivity index (χ1) is 6.18. The molecule has 1 aromatic rings. The summed E-state index contributed by atoms with van der Waals surface area (Å²) in [6, 6.07) is 6.82. The molecule has 0 saturated heterocycles. The van der Waals surface area contributed by atoms with Crippen LogP contribution in [0.2, 0.25) is 5.02 Å². The Hall–Kier alpha value is -1.55. The van der Waals surface area contributed by atoms with Crippen LogP contribution in [0.15, 0.2) is 29.4 Å². The van der Waals surface area contributed by atoms with Gasteiger partial charge in [-0.05, 0) is 18.2 Å². The van der Waals surface area contributed by atoms with E-state index in [0.29, 0.717) is 10.7 Å². The number of carboxylic acids is 1. The van der Waals surface area contributed by atoms with Gasteiger partial charge in [-0.2, -0.15) is 5.10 Å². The molecule has 0 heterocycles. The van der Waals surface area contributed by atoms with Gasteiger partial charge in [-0.1, -0.05) is 17.7 Å². The second-order valence-corrected chi connectivity index (χ2v) is 2.66. The Kier molecular flexibility index (Phi) is 3.28. The van der Waals surface area contributed by atoms with Crippen LogP contribution in [0.4, 0.5) is 5.69 Å². The average molecular weight is 199 g/mol. The number of hydrogen-bond acceptors (Lipinski definition) is 3. The van der Waals surface area contributed by atoms with Gasteiger partial charge in [-0.25, -0.2) is 4.79 Å². The van der Waals surface area contributed by atoms with Crippen molar-refractivity contribution in [1.82, 2.24) is 0 Å². The van der Waals surface area contributed by atoms with Crippen LogP contribution in [0.3, 0.4) is 0 Å². The zero-order valence-corrected chi connectivity index (χ0v) is 7.32. The summed E-state index contributed by atoms with van der Waals surface area (Å²) in [5.41, 5.74) is 3.16. The van der Waals surface area contributed by atoms with Crippen molar-refractivity contribution in [3.63, 3.8) is 0 Å². The summed E-state index contributed by atoms with van der Waals surface area (Å²) < 4.78 is 0. The number of carbonyl (C=O) groups is 1. The molecule has 1 rings (SSSR count). The molecular weight excluding hydrogens is 192 g/mol. The molecule has 1 aromatic carbocycles. The Labute approximate surface area is 79.8 Å². The largest absolute Gasteiger partial charge is 0.477 e. The number of nitrogens with one attached hydrogen (secondary N) is 1. The van der Waals surface area contributed by atoms with Gasteiger partial charge >= 0.3 is 5.97 Å². The van der Waals surface area contributed by atoms with Crippen molar-refractivity contribution in [3.05, 3.63) is 29.3 Å². The summed E-state index contributed by atoms with van der Waals surface area (Å²) in [6.45, 7) is 0. The molecule has 0 atom stereocenters. The molecule has 68 valence electrons. The third-order valence-corrected chi connectivity index (χ3v) is 1.43. The Balaban J connectivity index is 2.59. The molecule has 13 heavy (non-hydrogen) atoms. The van der Waals surface area contributed by atoms with Gasteiger partial charge in [0.05, 0.1) is 5.69 Å². The summed E-state index contributed by atoms with van der Waals surface area (Å²) in [4.78, 5) is 10.0. The number of aliphatic carboxylic acids is 1. The van der Waals surface area contributed by atoms with Crippen molar-refractivity contribution in [2.75, 3.05) is 5.43 Å². The Morgan fingerprint density at radius 2 is 2.38 bits per heavy atom.